The summed E-state index contributed by atoms with van der Waals surface area (Å²) in [6, 6.07) is 5.45. The van der Waals surface area contributed by atoms with E-state index in [1.807, 2.05) is 30.9 Å². The summed E-state index contributed by atoms with van der Waals surface area (Å²) >= 11 is 0. The van der Waals surface area contributed by atoms with Crippen LogP contribution in [0, 0.1) is 6.92 Å². The zero-order chi connectivity index (χ0) is 12.8. The van der Waals surface area contributed by atoms with Crippen molar-refractivity contribution in [2.45, 2.75) is 33.6 Å². The molecule has 0 fully saturated rings. The van der Waals surface area contributed by atoms with Crippen LogP contribution < -0.4 is 5.73 Å². The fourth-order valence-electron chi connectivity index (χ4n) is 1.85. The summed E-state index contributed by atoms with van der Waals surface area (Å²) in [6.45, 7) is 7.66. The Bertz CT molecular complexity index is 388. The lowest BCUT2D eigenvalue weighted by molar-refractivity contribution is 0.0761. The van der Waals surface area contributed by atoms with Gasteiger partial charge in [0, 0.05) is 24.3 Å². The Morgan fingerprint density at radius 1 is 1.35 bits per heavy atom. The number of carbonyl (C=O) groups excluding carboxylic acids is 1. The zero-order valence-electron chi connectivity index (χ0n) is 11.0. The number of amides is 1. The van der Waals surface area contributed by atoms with Crippen molar-refractivity contribution in [1.82, 2.24) is 4.90 Å². The summed E-state index contributed by atoms with van der Waals surface area (Å²) in [5.41, 5.74) is 8.11. The molecule has 2 N–H and O–H groups in total. The van der Waals surface area contributed by atoms with Crippen LogP contribution in [0.2, 0.25) is 0 Å². The van der Waals surface area contributed by atoms with Crippen LogP contribution in [-0.2, 0) is 0 Å². The van der Waals surface area contributed by atoms with E-state index < -0.39 is 0 Å². The Hall–Kier alpha value is -1.51. The molecule has 1 aromatic rings. The second kappa shape index (κ2) is 6.28. The smallest absolute Gasteiger partial charge is 0.254 e. The molecule has 0 aliphatic carbocycles. The second-order valence-corrected chi connectivity index (χ2v) is 4.31. The lowest BCUT2D eigenvalue weighted by Gasteiger charge is -2.21. The van der Waals surface area contributed by atoms with Crippen molar-refractivity contribution in [3.63, 3.8) is 0 Å². The lowest BCUT2D eigenvalue weighted by atomic mass is 10.1. The molecule has 0 bridgehead atoms. The molecule has 17 heavy (non-hydrogen) atoms. The Labute approximate surface area is 104 Å². The van der Waals surface area contributed by atoms with E-state index in [-0.39, 0.29) is 5.91 Å². The highest BCUT2D eigenvalue weighted by Gasteiger charge is 2.15. The van der Waals surface area contributed by atoms with Gasteiger partial charge in [-0.05, 0) is 44.0 Å². The number of hydrogen-bond acceptors (Lipinski definition) is 2. The highest BCUT2D eigenvalue weighted by atomic mass is 16.2. The minimum Gasteiger partial charge on any atom is -0.399 e. The van der Waals surface area contributed by atoms with Crippen LogP contribution >= 0.6 is 0 Å². The SMILES string of the molecule is CCCCN(CC)C(=O)c1ccc(N)cc1C. The molecule has 0 spiro atoms. The van der Waals surface area contributed by atoms with E-state index in [1.165, 1.54) is 0 Å². The van der Waals surface area contributed by atoms with E-state index in [0.29, 0.717) is 5.69 Å². The fourth-order valence-corrected chi connectivity index (χ4v) is 1.85. The zero-order valence-corrected chi connectivity index (χ0v) is 11.0. The standard InChI is InChI=1S/C14H22N2O/c1-4-6-9-16(5-2)14(17)13-8-7-12(15)10-11(13)3/h7-8,10H,4-6,9,15H2,1-3H3. The Kier molecular flexibility index (Phi) is 5.01. The van der Waals surface area contributed by atoms with Gasteiger partial charge in [-0.1, -0.05) is 13.3 Å². The minimum atomic E-state index is 0.110. The normalized spacial score (nSPS) is 10.3. The fraction of sp³-hybridized carbons (Fsp3) is 0.500. The largest absolute Gasteiger partial charge is 0.399 e. The van der Waals surface area contributed by atoms with E-state index in [1.54, 1.807) is 6.07 Å². The number of aryl methyl sites for hydroxylation is 1. The van der Waals surface area contributed by atoms with Crippen molar-refractivity contribution < 1.29 is 4.79 Å². The summed E-state index contributed by atoms with van der Waals surface area (Å²) < 4.78 is 0. The minimum absolute atomic E-state index is 0.110. The summed E-state index contributed by atoms with van der Waals surface area (Å²) in [5, 5.41) is 0. The van der Waals surface area contributed by atoms with Crippen LogP contribution in [0.15, 0.2) is 18.2 Å². The number of rotatable bonds is 5. The maximum atomic E-state index is 12.3. The van der Waals surface area contributed by atoms with Gasteiger partial charge in [0.2, 0.25) is 0 Å². The molecule has 94 valence electrons. The predicted octanol–water partition coefficient (Wildman–Crippen LogP) is 2.84. The molecule has 3 nitrogen and oxygen atoms in total. The summed E-state index contributed by atoms with van der Waals surface area (Å²) in [5.74, 6) is 0.110. The van der Waals surface area contributed by atoms with Gasteiger partial charge in [-0.15, -0.1) is 0 Å². The second-order valence-electron chi connectivity index (χ2n) is 4.31. The maximum Gasteiger partial charge on any atom is 0.254 e. The Morgan fingerprint density at radius 2 is 2.06 bits per heavy atom. The molecule has 1 rings (SSSR count). The topological polar surface area (TPSA) is 46.3 Å². The number of unbranched alkanes of at least 4 members (excludes halogenated alkanes) is 1. The van der Waals surface area contributed by atoms with Crippen molar-refractivity contribution >= 4 is 11.6 Å². The molecule has 0 heterocycles. The van der Waals surface area contributed by atoms with E-state index >= 15 is 0 Å². The number of benzene rings is 1. The van der Waals surface area contributed by atoms with Gasteiger partial charge in [0.25, 0.3) is 5.91 Å². The monoisotopic (exact) mass is 234 g/mol. The van der Waals surface area contributed by atoms with Gasteiger partial charge in [-0.3, -0.25) is 4.79 Å². The van der Waals surface area contributed by atoms with E-state index in [0.717, 1.165) is 37.1 Å². The average Bonchev–Trinajstić information content (AvgIpc) is 2.29. The molecule has 0 saturated carbocycles. The molecule has 0 unspecified atom stereocenters. The predicted molar refractivity (Wildman–Crippen MR) is 72.1 cm³/mol. The first-order chi connectivity index (χ1) is 8.10. The molecule has 0 aromatic heterocycles. The van der Waals surface area contributed by atoms with Crippen LogP contribution in [-0.4, -0.2) is 23.9 Å². The first kappa shape index (κ1) is 13.6. The highest BCUT2D eigenvalue weighted by molar-refractivity contribution is 5.96. The van der Waals surface area contributed by atoms with Gasteiger partial charge in [0.15, 0.2) is 0 Å². The molecule has 0 radical (unpaired) electrons. The lowest BCUT2D eigenvalue weighted by Crippen LogP contribution is -2.32. The molecule has 0 saturated heterocycles. The van der Waals surface area contributed by atoms with Crippen LogP contribution in [0.3, 0.4) is 0 Å². The first-order valence-electron chi connectivity index (χ1n) is 6.25. The van der Waals surface area contributed by atoms with Crippen LogP contribution in [0.4, 0.5) is 5.69 Å². The number of nitrogens with zero attached hydrogens (tertiary/aromatic N) is 1. The third kappa shape index (κ3) is 3.48. The number of anilines is 1. The molecule has 1 aromatic carbocycles. The number of nitrogen functional groups attached to an aromatic ring is 1. The third-order valence-corrected chi connectivity index (χ3v) is 2.93. The molecular weight excluding hydrogens is 212 g/mol. The molecule has 0 aliphatic rings. The molecule has 0 aliphatic heterocycles. The molecule has 0 atom stereocenters. The summed E-state index contributed by atoms with van der Waals surface area (Å²) in [4.78, 5) is 14.2. The number of hydrogen-bond donors (Lipinski definition) is 1. The third-order valence-electron chi connectivity index (χ3n) is 2.93. The van der Waals surface area contributed by atoms with Crippen LogP contribution in [0.5, 0.6) is 0 Å². The van der Waals surface area contributed by atoms with Crippen molar-refractivity contribution in [1.29, 1.82) is 0 Å². The Balaban J connectivity index is 2.86. The van der Waals surface area contributed by atoms with Crippen molar-refractivity contribution in [3.05, 3.63) is 29.3 Å². The quantitative estimate of drug-likeness (QED) is 0.796. The van der Waals surface area contributed by atoms with E-state index in [9.17, 15) is 4.79 Å². The van der Waals surface area contributed by atoms with Gasteiger partial charge >= 0.3 is 0 Å². The van der Waals surface area contributed by atoms with E-state index in [2.05, 4.69) is 6.92 Å². The van der Waals surface area contributed by atoms with Gasteiger partial charge in [0.05, 0.1) is 0 Å². The highest BCUT2D eigenvalue weighted by Crippen LogP contribution is 2.15. The number of nitrogens with two attached hydrogens (primary N) is 1. The average molecular weight is 234 g/mol. The summed E-state index contributed by atoms with van der Waals surface area (Å²) in [7, 11) is 0. The molecular formula is C14H22N2O. The summed E-state index contributed by atoms with van der Waals surface area (Å²) in [6.07, 6.45) is 2.15. The first-order valence-corrected chi connectivity index (χ1v) is 6.25. The van der Waals surface area contributed by atoms with Crippen molar-refractivity contribution in [2.24, 2.45) is 0 Å². The Morgan fingerprint density at radius 3 is 2.59 bits per heavy atom. The van der Waals surface area contributed by atoms with Crippen molar-refractivity contribution in [2.75, 3.05) is 18.8 Å². The van der Waals surface area contributed by atoms with Crippen LogP contribution in [0.1, 0.15) is 42.6 Å². The molecule has 1 amide bonds. The molecule has 3 heteroatoms. The van der Waals surface area contributed by atoms with Crippen LogP contribution in [0.25, 0.3) is 0 Å². The van der Waals surface area contributed by atoms with Gasteiger partial charge < -0.3 is 10.6 Å². The van der Waals surface area contributed by atoms with Gasteiger partial charge in [-0.2, -0.15) is 0 Å². The maximum absolute atomic E-state index is 12.3. The number of carbonyl (C=O) groups is 1. The van der Waals surface area contributed by atoms with Gasteiger partial charge in [-0.25, -0.2) is 0 Å². The van der Waals surface area contributed by atoms with E-state index in [4.69, 9.17) is 5.73 Å². The van der Waals surface area contributed by atoms with Crippen molar-refractivity contribution in [3.8, 4) is 0 Å². The van der Waals surface area contributed by atoms with Gasteiger partial charge in [0.1, 0.15) is 0 Å².